The van der Waals surface area contributed by atoms with E-state index in [0.717, 1.165) is 21.2 Å². The lowest BCUT2D eigenvalue weighted by atomic mass is 10.3. The number of nitrogen functional groups attached to an aromatic ring is 1. The second-order valence-corrected chi connectivity index (χ2v) is 3.02. The largest absolute Gasteiger partial charge is 0.397 e. The van der Waals surface area contributed by atoms with Gasteiger partial charge in [-0.25, -0.2) is 4.98 Å². The van der Waals surface area contributed by atoms with Gasteiger partial charge in [-0.15, -0.1) is 0 Å². The van der Waals surface area contributed by atoms with Crippen LogP contribution in [0.15, 0.2) is 23.1 Å². The van der Waals surface area contributed by atoms with Crippen molar-refractivity contribution in [3.8, 4) is 0 Å². The Hall–Kier alpha value is -1.03. The summed E-state index contributed by atoms with van der Waals surface area (Å²) in [6.45, 7) is 0. The van der Waals surface area contributed by atoms with E-state index < -0.39 is 0 Å². The third-order valence-electron chi connectivity index (χ3n) is 1.58. The van der Waals surface area contributed by atoms with Gasteiger partial charge in [0.05, 0.1) is 16.6 Å². The van der Waals surface area contributed by atoms with Crippen molar-refractivity contribution in [3.05, 3.63) is 23.1 Å². The summed E-state index contributed by atoms with van der Waals surface area (Å²) in [7, 11) is 0. The highest BCUT2D eigenvalue weighted by Crippen LogP contribution is 2.25. The van der Waals surface area contributed by atoms with Gasteiger partial charge in [0.15, 0.2) is 0 Å². The minimum atomic E-state index is 0.722. The average molecular weight is 212 g/mol. The monoisotopic (exact) mass is 211 g/mol. The third kappa shape index (κ3) is 0.903. The van der Waals surface area contributed by atoms with Crippen LogP contribution in [0.5, 0.6) is 0 Å². The number of hydrogen-bond acceptors (Lipinski definition) is 2. The number of nitrogens with two attached hydrogens (primary N) is 1. The molecule has 2 rings (SSSR count). The van der Waals surface area contributed by atoms with Crippen LogP contribution >= 0.6 is 15.9 Å². The summed E-state index contributed by atoms with van der Waals surface area (Å²) in [5, 5.41) is 0.951. The predicted molar refractivity (Wildman–Crippen MR) is 48.2 cm³/mol. The number of nitrogens with zero attached hydrogens (tertiary/aromatic N) is 1. The van der Waals surface area contributed by atoms with Gasteiger partial charge in [-0.05, 0) is 22.0 Å². The van der Waals surface area contributed by atoms with Crippen LogP contribution < -0.4 is 5.73 Å². The number of nitrogens with one attached hydrogen (secondary N) is 1. The minimum absolute atomic E-state index is 0.722. The SMILES string of the molecule is Nc1c[nH]c2ccnc(Br)c12. The zero-order valence-corrected chi connectivity index (χ0v) is 7.22. The zero-order valence-electron chi connectivity index (χ0n) is 5.63. The van der Waals surface area contributed by atoms with Crippen molar-refractivity contribution in [2.75, 3.05) is 5.73 Å². The molecule has 0 aliphatic heterocycles. The average Bonchev–Trinajstić information content (AvgIpc) is 2.34. The summed E-state index contributed by atoms with van der Waals surface area (Å²) in [5.41, 5.74) is 7.40. The van der Waals surface area contributed by atoms with Gasteiger partial charge >= 0.3 is 0 Å². The molecule has 0 aliphatic rings. The smallest absolute Gasteiger partial charge is 0.117 e. The van der Waals surface area contributed by atoms with Gasteiger partial charge in [-0.3, -0.25) is 0 Å². The third-order valence-corrected chi connectivity index (χ3v) is 2.18. The van der Waals surface area contributed by atoms with E-state index in [2.05, 4.69) is 25.9 Å². The first-order chi connectivity index (χ1) is 5.29. The first kappa shape index (κ1) is 6.67. The predicted octanol–water partition coefficient (Wildman–Crippen LogP) is 1.91. The molecule has 2 aromatic heterocycles. The highest BCUT2D eigenvalue weighted by Gasteiger charge is 2.03. The molecule has 0 unspecified atom stereocenters. The summed E-state index contributed by atoms with van der Waals surface area (Å²) in [4.78, 5) is 7.09. The van der Waals surface area contributed by atoms with E-state index in [0.29, 0.717) is 0 Å². The molecule has 11 heavy (non-hydrogen) atoms. The molecule has 0 saturated heterocycles. The number of halogens is 1. The van der Waals surface area contributed by atoms with Gasteiger partial charge in [0.25, 0.3) is 0 Å². The quantitative estimate of drug-likeness (QED) is 0.655. The Morgan fingerprint density at radius 1 is 1.55 bits per heavy atom. The Labute approximate surface area is 71.7 Å². The molecule has 0 aliphatic carbocycles. The van der Waals surface area contributed by atoms with Crippen LogP contribution in [0, 0.1) is 0 Å². The van der Waals surface area contributed by atoms with Gasteiger partial charge in [0.2, 0.25) is 0 Å². The number of aromatic amines is 1. The van der Waals surface area contributed by atoms with Gasteiger partial charge in [0.1, 0.15) is 4.60 Å². The fourth-order valence-corrected chi connectivity index (χ4v) is 1.62. The molecule has 56 valence electrons. The van der Waals surface area contributed by atoms with Crippen LogP contribution in [0.1, 0.15) is 0 Å². The maximum absolute atomic E-state index is 5.68. The van der Waals surface area contributed by atoms with Crippen LogP contribution in [0.4, 0.5) is 5.69 Å². The zero-order chi connectivity index (χ0) is 7.84. The molecule has 2 heterocycles. The second-order valence-electron chi connectivity index (χ2n) is 2.27. The Balaban J connectivity index is 2.96. The number of pyridine rings is 1. The van der Waals surface area contributed by atoms with Crippen LogP contribution in [-0.4, -0.2) is 9.97 Å². The molecule has 0 saturated carbocycles. The number of rotatable bonds is 0. The van der Waals surface area contributed by atoms with Crippen LogP contribution in [0.3, 0.4) is 0 Å². The highest BCUT2D eigenvalue weighted by atomic mass is 79.9. The van der Waals surface area contributed by atoms with E-state index in [9.17, 15) is 0 Å². The van der Waals surface area contributed by atoms with Gasteiger partial charge in [-0.1, -0.05) is 0 Å². The van der Waals surface area contributed by atoms with Crippen molar-refractivity contribution in [1.82, 2.24) is 9.97 Å². The lowest BCUT2D eigenvalue weighted by Crippen LogP contribution is -1.82. The summed E-state index contributed by atoms with van der Waals surface area (Å²) < 4.78 is 0.786. The van der Waals surface area contributed by atoms with Crippen LogP contribution in [-0.2, 0) is 0 Å². The van der Waals surface area contributed by atoms with E-state index in [1.165, 1.54) is 0 Å². The number of hydrogen-bond donors (Lipinski definition) is 2. The van der Waals surface area contributed by atoms with Gasteiger partial charge < -0.3 is 10.7 Å². The molecule has 4 heteroatoms. The van der Waals surface area contributed by atoms with Crippen molar-refractivity contribution in [1.29, 1.82) is 0 Å². The Kier molecular flexibility index (Phi) is 1.35. The molecule has 3 nitrogen and oxygen atoms in total. The van der Waals surface area contributed by atoms with E-state index in [1.807, 2.05) is 6.07 Å². The minimum Gasteiger partial charge on any atom is -0.397 e. The first-order valence-corrected chi connectivity index (χ1v) is 3.95. The Morgan fingerprint density at radius 3 is 3.09 bits per heavy atom. The summed E-state index contributed by atoms with van der Waals surface area (Å²) in [6.07, 6.45) is 3.49. The summed E-state index contributed by atoms with van der Waals surface area (Å²) in [5.74, 6) is 0. The topological polar surface area (TPSA) is 54.7 Å². The number of anilines is 1. The van der Waals surface area contributed by atoms with Crippen molar-refractivity contribution in [2.45, 2.75) is 0 Å². The molecule has 3 N–H and O–H groups in total. The van der Waals surface area contributed by atoms with Crippen molar-refractivity contribution in [2.24, 2.45) is 0 Å². The molecule has 0 atom stereocenters. The molecule has 0 fully saturated rings. The fraction of sp³-hybridized carbons (Fsp3) is 0. The normalized spacial score (nSPS) is 10.6. The molecular formula is C7H6BrN3. The summed E-state index contributed by atoms with van der Waals surface area (Å²) >= 11 is 3.32. The van der Waals surface area contributed by atoms with Crippen molar-refractivity contribution < 1.29 is 0 Å². The molecule has 0 aromatic carbocycles. The number of H-pyrrole nitrogens is 1. The van der Waals surface area contributed by atoms with Crippen LogP contribution in [0.25, 0.3) is 10.9 Å². The first-order valence-electron chi connectivity index (χ1n) is 3.16. The standard InChI is InChI=1S/C7H6BrN3/c8-7-6-4(9)3-11-5(6)1-2-10-7/h1-3,11H,9H2. The highest BCUT2D eigenvalue weighted by molar-refractivity contribution is 9.10. The van der Waals surface area contributed by atoms with E-state index in [1.54, 1.807) is 12.4 Å². The molecule has 0 bridgehead atoms. The lowest BCUT2D eigenvalue weighted by molar-refractivity contribution is 1.31. The fourth-order valence-electron chi connectivity index (χ4n) is 1.06. The maximum Gasteiger partial charge on any atom is 0.117 e. The van der Waals surface area contributed by atoms with Gasteiger partial charge in [0, 0.05) is 12.4 Å². The molecule has 2 aromatic rings. The van der Waals surface area contributed by atoms with E-state index in [-0.39, 0.29) is 0 Å². The van der Waals surface area contributed by atoms with E-state index in [4.69, 9.17) is 5.73 Å². The molecule has 0 radical (unpaired) electrons. The Morgan fingerprint density at radius 2 is 2.36 bits per heavy atom. The Bertz CT molecular complexity index is 393. The van der Waals surface area contributed by atoms with Crippen LogP contribution in [0.2, 0.25) is 0 Å². The number of aromatic nitrogens is 2. The molecule has 0 amide bonds. The lowest BCUT2D eigenvalue weighted by Gasteiger charge is -1.92. The van der Waals surface area contributed by atoms with Crippen molar-refractivity contribution >= 4 is 32.5 Å². The van der Waals surface area contributed by atoms with Crippen molar-refractivity contribution in [3.63, 3.8) is 0 Å². The summed E-state index contributed by atoms with van der Waals surface area (Å²) in [6, 6.07) is 1.89. The second kappa shape index (κ2) is 2.23. The molecular weight excluding hydrogens is 206 g/mol. The van der Waals surface area contributed by atoms with E-state index >= 15 is 0 Å². The number of fused-ring (bicyclic) bond motifs is 1. The molecule has 0 spiro atoms. The van der Waals surface area contributed by atoms with Gasteiger partial charge in [-0.2, -0.15) is 0 Å². The maximum atomic E-state index is 5.68.